The van der Waals surface area contributed by atoms with Crippen LogP contribution in [0.15, 0.2) is 24.3 Å². The largest absolute Gasteiger partial charge is 0.326 e. The molecule has 0 saturated carbocycles. The molecule has 6 heteroatoms. The van der Waals surface area contributed by atoms with E-state index in [1.807, 2.05) is 6.07 Å². The number of carbonyl (C=O) groups is 1. The highest BCUT2D eigenvalue weighted by atomic mass is 32.2. The van der Waals surface area contributed by atoms with Crippen molar-refractivity contribution in [3.8, 4) is 0 Å². The molecular weight excluding hydrogens is 240 g/mol. The van der Waals surface area contributed by atoms with E-state index in [2.05, 4.69) is 5.32 Å². The maximum atomic E-state index is 11.5. The van der Waals surface area contributed by atoms with Crippen LogP contribution in [0.25, 0.3) is 0 Å². The van der Waals surface area contributed by atoms with Gasteiger partial charge in [0.2, 0.25) is 5.91 Å². The average molecular weight is 256 g/mol. The van der Waals surface area contributed by atoms with Gasteiger partial charge in [0.05, 0.1) is 5.75 Å². The molecule has 0 fully saturated rings. The van der Waals surface area contributed by atoms with E-state index in [0.717, 1.165) is 11.8 Å². The Labute approximate surface area is 101 Å². The zero-order valence-electron chi connectivity index (χ0n) is 9.64. The quantitative estimate of drug-likeness (QED) is 0.803. The first-order valence-electron chi connectivity index (χ1n) is 5.17. The molecule has 0 saturated heterocycles. The molecule has 0 atom stereocenters. The zero-order chi connectivity index (χ0) is 12.9. The second kappa shape index (κ2) is 5.79. The van der Waals surface area contributed by atoms with Crippen molar-refractivity contribution in [3.63, 3.8) is 0 Å². The number of carbonyl (C=O) groups excluding carboxylic acids is 1. The minimum Gasteiger partial charge on any atom is -0.326 e. The van der Waals surface area contributed by atoms with Crippen molar-refractivity contribution in [2.75, 3.05) is 17.3 Å². The number of amides is 1. The van der Waals surface area contributed by atoms with E-state index in [1.165, 1.54) is 0 Å². The van der Waals surface area contributed by atoms with Crippen LogP contribution in [0.4, 0.5) is 5.69 Å². The molecule has 0 aliphatic rings. The van der Waals surface area contributed by atoms with Gasteiger partial charge in [-0.3, -0.25) is 4.79 Å². The van der Waals surface area contributed by atoms with Crippen molar-refractivity contribution in [3.05, 3.63) is 29.8 Å². The smallest absolute Gasteiger partial charge is 0.225 e. The van der Waals surface area contributed by atoms with Crippen LogP contribution in [-0.4, -0.2) is 26.3 Å². The molecule has 0 aliphatic heterocycles. The van der Waals surface area contributed by atoms with E-state index >= 15 is 0 Å². The second-order valence-corrected chi connectivity index (χ2v) is 6.09. The van der Waals surface area contributed by atoms with Gasteiger partial charge >= 0.3 is 0 Å². The van der Waals surface area contributed by atoms with E-state index in [0.29, 0.717) is 12.2 Å². The molecule has 0 unspecified atom stereocenters. The first-order valence-corrected chi connectivity index (χ1v) is 7.23. The Morgan fingerprint density at radius 1 is 1.41 bits per heavy atom. The number of anilines is 1. The fraction of sp³-hybridized carbons (Fsp3) is 0.364. The SMILES string of the molecule is CS(=O)(=O)CCC(=O)Nc1cccc(CN)c1. The minimum atomic E-state index is -3.11. The van der Waals surface area contributed by atoms with Crippen LogP contribution in [-0.2, 0) is 21.2 Å². The van der Waals surface area contributed by atoms with Crippen LogP contribution in [0.5, 0.6) is 0 Å². The lowest BCUT2D eigenvalue weighted by Crippen LogP contribution is -2.16. The summed E-state index contributed by atoms with van der Waals surface area (Å²) < 4.78 is 21.8. The highest BCUT2D eigenvalue weighted by Crippen LogP contribution is 2.10. The lowest BCUT2D eigenvalue weighted by molar-refractivity contribution is -0.115. The summed E-state index contributed by atoms with van der Waals surface area (Å²) in [6.07, 6.45) is 1.07. The molecule has 0 bridgehead atoms. The molecule has 1 aromatic rings. The maximum Gasteiger partial charge on any atom is 0.225 e. The van der Waals surface area contributed by atoms with Gasteiger partial charge in [0.15, 0.2) is 0 Å². The van der Waals surface area contributed by atoms with Crippen LogP contribution in [0.2, 0.25) is 0 Å². The Hall–Kier alpha value is -1.40. The Morgan fingerprint density at radius 3 is 2.71 bits per heavy atom. The van der Waals surface area contributed by atoms with Crippen LogP contribution in [0.3, 0.4) is 0 Å². The third kappa shape index (κ3) is 5.46. The first kappa shape index (κ1) is 13.7. The first-order chi connectivity index (χ1) is 7.90. The molecule has 1 rings (SSSR count). The molecule has 0 aliphatic carbocycles. The molecule has 0 spiro atoms. The summed E-state index contributed by atoms with van der Waals surface area (Å²) in [5, 5.41) is 2.63. The number of benzene rings is 1. The Bertz CT molecular complexity index is 497. The molecule has 17 heavy (non-hydrogen) atoms. The number of rotatable bonds is 5. The number of hydrogen-bond donors (Lipinski definition) is 2. The van der Waals surface area contributed by atoms with Crippen molar-refractivity contribution < 1.29 is 13.2 Å². The van der Waals surface area contributed by atoms with Gasteiger partial charge < -0.3 is 11.1 Å². The monoisotopic (exact) mass is 256 g/mol. The summed E-state index contributed by atoms with van der Waals surface area (Å²) >= 11 is 0. The molecule has 1 aromatic carbocycles. The van der Waals surface area contributed by atoms with Gasteiger partial charge in [0, 0.05) is 24.9 Å². The number of sulfone groups is 1. The lowest BCUT2D eigenvalue weighted by Gasteiger charge is -2.06. The van der Waals surface area contributed by atoms with Crippen LogP contribution in [0.1, 0.15) is 12.0 Å². The Morgan fingerprint density at radius 2 is 2.12 bits per heavy atom. The summed E-state index contributed by atoms with van der Waals surface area (Å²) in [5.41, 5.74) is 7.01. The summed E-state index contributed by atoms with van der Waals surface area (Å²) in [6.45, 7) is 0.396. The van der Waals surface area contributed by atoms with Gasteiger partial charge in [0.1, 0.15) is 9.84 Å². The van der Waals surface area contributed by atoms with Gasteiger partial charge in [-0.2, -0.15) is 0 Å². The summed E-state index contributed by atoms with van der Waals surface area (Å²) in [4.78, 5) is 11.5. The molecule has 5 nitrogen and oxygen atoms in total. The predicted octanol–water partition coefficient (Wildman–Crippen LogP) is 0.518. The lowest BCUT2D eigenvalue weighted by atomic mass is 10.2. The standard InChI is InChI=1S/C11H16N2O3S/c1-17(15,16)6-5-11(14)13-10-4-2-3-9(7-10)8-12/h2-4,7H,5-6,8,12H2,1H3,(H,13,14). The second-order valence-electron chi connectivity index (χ2n) is 3.83. The van der Waals surface area contributed by atoms with Crippen molar-refractivity contribution >= 4 is 21.4 Å². The van der Waals surface area contributed by atoms with Crippen molar-refractivity contribution in [1.82, 2.24) is 0 Å². The van der Waals surface area contributed by atoms with Crippen molar-refractivity contribution in [1.29, 1.82) is 0 Å². The van der Waals surface area contributed by atoms with E-state index in [4.69, 9.17) is 5.73 Å². The highest BCUT2D eigenvalue weighted by molar-refractivity contribution is 7.90. The molecule has 0 aromatic heterocycles. The van der Waals surface area contributed by atoms with Gasteiger partial charge in [0.25, 0.3) is 0 Å². The number of nitrogens with one attached hydrogen (secondary N) is 1. The maximum absolute atomic E-state index is 11.5. The Kier molecular flexibility index (Phi) is 4.65. The van der Waals surface area contributed by atoms with Gasteiger partial charge in [-0.25, -0.2) is 8.42 Å². The third-order valence-corrected chi connectivity index (χ3v) is 3.09. The molecule has 94 valence electrons. The fourth-order valence-corrected chi connectivity index (χ4v) is 1.83. The van der Waals surface area contributed by atoms with Gasteiger partial charge in [-0.05, 0) is 17.7 Å². The summed E-state index contributed by atoms with van der Waals surface area (Å²) in [7, 11) is -3.11. The Balaban J connectivity index is 2.56. The fourth-order valence-electron chi connectivity index (χ4n) is 1.28. The predicted molar refractivity (Wildman–Crippen MR) is 67.3 cm³/mol. The molecule has 0 heterocycles. The van der Waals surface area contributed by atoms with Crippen LogP contribution < -0.4 is 11.1 Å². The van der Waals surface area contributed by atoms with E-state index < -0.39 is 9.84 Å². The number of hydrogen-bond acceptors (Lipinski definition) is 4. The van der Waals surface area contributed by atoms with Gasteiger partial charge in [-0.1, -0.05) is 12.1 Å². The normalized spacial score (nSPS) is 11.2. The van der Waals surface area contributed by atoms with Crippen molar-refractivity contribution in [2.24, 2.45) is 5.73 Å². The van der Waals surface area contributed by atoms with E-state index in [9.17, 15) is 13.2 Å². The van der Waals surface area contributed by atoms with E-state index in [1.54, 1.807) is 18.2 Å². The van der Waals surface area contributed by atoms with Crippen LogP contribution >= 0.6 is 0 Å². The van der Waals surface area contributed by atoms with E-state index in [-0.39, 0.29) is 18.1 Å². The van der Waals surface area contributed by atoms with Gasteiger partial charge in [-0.15, -0.1) is 0 Å². The summed E-state index contributed by atoms with van der Waals surface area (Å²) in [5.74, 6) is -0.459. The van der Waals surface area contributed by atoms with Crippen LogP contribution in [0, 0.1) is 0 Å². The number of nitrogens with two attached hydrogens (primary N) is 1. The molecule has 1 amide bonds. The van der Waals surface area contributed by atoms with Crippen molar-refractivity contribution in [2.45, 2.75) is 13.0 Å². The zero-order valence-corrected chi connectivity index (χ0v) is 10.5. The topological polar surface area (TPSA) is 89.3 Å². The highest BCUT2D eigenvalue weighted by Gasteiger charge is 2.08. The molecule has 0 radical (unpaired) electrons. The minimum absolute atomic E-state index is 0.0360. The summed E-state index contributed by atoms with van der Waals surface area (Å²) in [6, 6.07) is 7.14. The molecular formula is C11H16N2O3S. The third-order valence-electron chi connectivity index (χ3n) is 2.15. The molecule has 3 N–H and O–H groups in total. The average Bonchev–Trinajstić information content (AvgIpc) is 2.26.